The second-order valence-corrected chi connectivity index (χ2v) is 10.8. The first-order valence-corrected chi connectivity index (χ1v) is 12.3. The van der Waals surface area contributed by atoms with E-state index in [2.05, 4.69) is 10.3 Å². The zero-order chi connectivity index (χ0) is 23.6. The van der Waals surface area contributed by atoms with Crippen LogP contribution in [0.2, 0.25) is 5.02 Å². The Morgan fingerprint density at radius 3 is 2.58 bits per heavy atom. The number of anilines is 1. The third-order valence-corrected chi connectivity index (χ3v) is 6.85. The van der Waals surface area contributed by atoms with Crippen LogP contribution in [0.15, 0.2) is 42.5 Å². The second-order valence-electron chi connectivity index (χ2n) is 9.37. The molecule has 0 radical (unpaired) electrons. The smallest absolute Gasteiger partial charge is 0.410 e. The van der Waals surface area contributed by atoms with Crippen LogP contribution in [0.5, 0.6) is 0 Å². The predicted molar refractivity (Wildman–Crippen MR) is 133 cm³/mol. The first-order valence-electron chi connectivity index (χ1n) is 11.1. The molecule has 0 spiro atoms. The van der Waals surface area contributed by atoms with Crippen molar-refractivity contribution in [1.29, 1.82) is 0 Å². The number of ether oxygens (including phenoxy) is 1. The molecule has 1 fully saturated rings. The highest BCUT2D eigenvalue weighted by molar-refractivity contribution is 7.22. The number of carbonyl (C=O) groups excluding carboxylic acids is 2. The Morgan fingerprint density at radius 1 is 1.18 bits per heavy atom. The summed E-state index contributed by atoms with van der Waals surface area (Å²) in [6.45, 7) is 7.02. The summed E-state index contributed by atoms with van der Waals surface area (Å²) < 4.78 is 6.49. The van der Waals surface area contributed by atoms with Crippen molar-refractivity contribution in [3.05, 3.63) is 58.6 Å². The molecule has 174 valence electrons. The highest BCUT2D eigenvalue weighted by Gasteiger charge is 2.27. The SMILES string of the molecule is CC(C)(C)OC(=O)N1CCC(Cc2ccc(C(=O)Nc3nc4ccccc4s3)c(Cl)c2)CC1. The van der Waals surface area contributed by atoms with Crippen molar-refractivity contribution >= 4 is 50.3 Å². The van der Waals surface area contributed by atoms with E-state index in [4.69, 9.17) is 16.3 Å². The molecule has 1 aliphatic rings. The predicted octanol–water partition coefficient (Wildman–Crippen LogP) is 6.39. The van der Waals surface area contributed by atoms with E-state index in [0.29, 0.717) is 34.7 Å². The Balaban J connectivity index is 1.33. The molecule has 4 rings (SSSR count). The van der Waals surface area contributed by atoms with E-state index in [-0.39, 0.29) is 12.0 Å². The van der Waals surface area contributed by atoms with Crippen molar-refractivity contribution in [2.75, 3.05) is 18.4 Å². The van der Waals surface area contributed by atoms with Crippen molar-refractivity contribution in [2.24, 2.45) is 5.92 Å². The quantitative estimate of drug-likeness (QED) is 0.464. The van der Waals surface area contributed by atoms with Gasteiger partial charge in [-0.2, -0.15) is 0 Å². The normalized spacial score (nSPS) is 15.0. The van der Waals surface area contributed by atoms with Gasteiger partial charge >= 0.3 is 6.09 Å². The van der Waals surface area contributed by atoms with E-state index in [0.717, 1.165) is 35.0 Å². The fraction of sp³-hybridized carbons (Fsp3) is 0.400. The number of rotatable bonds is 4. The molecule has 0 unspecified atom stereocenters. The van der Waals surface area contributed by atoms with E-state index < -0.39 is 5.60 Å². The third kappa shape index (κ3) is 6.03. The van der Waals surface area contributed by atoms with Gasteiger partial charge in [0.05, 0.1) is 20.8 Å². The Morgan fingerprint density at radius 2 is 1.91 bits per heavy atom. The number of nitrogens with one attached hydrogen (secondary N) is 1. The molecular weight excluding hydrogens is 458 g/mol. The minimum absolute atomic E-state index is 0.243. The van der Waals surface area contributed by atoms with Gasteiger partial charge in [0, 0.05) is 13.1 Å². The van der Waals surface area contributed by atoms with Gasteiger partial charge in [-0.15, -0.1) is 0 Å². The molecule has 2 aromatic carbocycles. The lowest BCUT2D eigenvalue weighted by atomic mass is 9.90. The fourth-order valence-electron chi connectivity index (χ4n) is 3.94. The van der Waals surface area contributed by atoms with Crippen LogP contribution in [0.4, 0.5) is 9.93 Å². The lowest BCUT2D eigenvalue weighted by molar-refractivity contribution is 0.0184. The molecule has 0 bridgehead atoms. The van der Waals surface area contributed by atoms with Crippen LogP contribution in [0.1, 0.15) is 49.5 Å². The summed E-state index contributed by atoms with van der Waals surface area (Å²) in [5, 5.41) is 3.84. The Labute approximate surface area is 202 Å². The summed E-state index contributed by atoms with van der Waals surface area (Å²) in [6, 6.07) is 13.4. The van der Waals surface area contributed by atoms with Gasteiger partial charge in [0.1, 0.15) is 5.60 Å². The number of hydrogen-bond acceptors (Lipinski definition) is 5. The van der Waals surface area contributed by atoms with Crippen LogP contribution in [-0.2, 0) is 11.2 Å². The van der Waals surface area contributed by atoms with Crippen molar-refractivity contribution in [3.63, 3.8) is 0 Å². The van der Waals surface area contributed by atoms with E-state index in [9.17, 15) is 9.59 Å². The monoisotopic (exact) mass is 485 g/mol. The van der Waals surface area contributed by atoms with E-state index in [1.54, 1.807) is 11.0 Å². The molecule has 1 aromatic heterocycles. The van der Waals surface area contributed by atoms with Gasteiger partial charge < -0.3 is 9.64 Å². The summed E-state index contributed by atoms with van der Waals surface area (Å²) >= 11 is 7.90. The number of piperidine rings is 1. The van der Waals surface area contributed by atoms with Gasteiger partial charge in [-0.05, 0) is 75.8 Å². The van der Waals surface area contributed by atoms with Crippen molar-refractivity contribution in [3.8, 4) is 0 Å². The number of fused-ring (bicyclic) bond motifs is 1. The number of para-hydroxylation sites is 1. The van der Waals surface area contributed by atoms with E-state index in [1.807, 2.05) is 57.2 Å². The molecule has 0 atom stereocenters. The van der Waals surface area contributed by atoms with E-state index in [1.165, 1.54) is 11.3 Å². The van der Waals surface area contributed by atoms with Crippen molar-refractivity contribution < 1.29 is 14.3 Å². The number of likely N-dealkylation sites (tertiary alicyclic amines) is 1. The molecule has 0 saturated carbocycles. The first kappa shape index (κ1) is 23.5. The van der Waals surface area contributed by atoms with Crippen LogP contribution in [0.25, 0.3) is 10.2 Å². The molecule has 1 N–H and O–H groups in total. The first-order chi connectivity index (χ1) is 15.7. The standard InChI is InChI=1S/C25H28ClN3O3S/c1-25(2,3)32-24(31)29-12-10-16(11-13-29)14-17-8-9-18(19(26)15-17)22(30)28-23-27-20-6-4-5-7-21(20)33-23/h4-9,15-16H,10-14H2,1-3H3,(H,27,28,30). The van der Waals surface area contributed by atoms with Gasteiger partial charge in [0.25, 0.3) is 5.91 Å². The molecule has 2 heterocycles. The molecule has 6 nitrogen and oxygen atoms in total. The largest absolute Gasteiger partial charge is 0.444 e. The minimum atomic E-state index is -0.480. The van der Waals surface area contributed by atoms with Crippen molar-refractivity contribution in [2.45, 2.75) is 45.6 Å². The Bertz CT molecular complexity index is 1130. The van der Waals surface area contributed by atoms with Crippen LogP contribution in [0.3, 0.4) is 0 Å². The number of aromatic nitrogens is 1. The van der Waals surface area contributed by atoms with Crippen LogP contribution in [-0.4, -0.2) is 40.6 Å². The van der Waals surface area contributed by atoms with Crippen LogP contribution < -0.4 is 5.32 Å². The Hall–Kier alpha value is -2.64. The number of benzene rings is 2. The number of thiazole rings is 1. The number of carbonyl (C=O) groups is 2. The zero-order valence-corrected chi connectivity index (χ0v) is 20.6. The topological polar surface area (TPSA) is 71.5 Å². The van der Waals surface area contributed by atoms with E-state index >= 15 is 0 Å². The number of hydrogen-bond donors (Lipinski definition) is 1. The summed E-state index contributed by atoms with van der Waals surface area (Å²) in [7, 11) is 0. The molecule has 1 saturated heterocycles. The summed E-state index contributed by atoms with van der Waals surface area (Å²) in [6.07, 6.45) is 2.45. The van der Waals surface area contributed by atoms with Gasteiger partial charge in [-0.3, -0.25) is 10.1 Å². The minimum Gasteiger partial charge on any atom is -0.444 e. The number of amides is 2. The number of nitrogens with zero attached hydrogens (tertiary/aromatic N) is 2. The second kappa shape index (κ2) is 9.69. The molecule has 3 aromatic rings. The zero-order valence-electron chi connectivity index (χ0n) is 19.1. The fourth-order valence-corrected chi connectivity index (χ4v) is 5.09. The van der Waals surface area contributed by atoms with Gasteiger partial charge in [-0.1, -0.05) is 41.1 Å². The average molecular weight is 486 g/mol. The summed E-state index contributed by atoms with van der Waals surface area (Å²) in [5.74, 6) is 0.193. The Kier molecular flexibility index (Phi) is 6.91. The summed E-state index contributed by atoms with van der Waals surface area (Å²) in [4.78, 5) is 31.2. The number of halogens is 1. The molecule has 33 heavy (non-hydrogen) atoms. The molecule has 2 amide bonds. The average Bonchev–Trinajstić information content (AvgIpc) is 3.15. The highest BCUT2D eigenvalue weighted by atomic mass is 35.5. The van der Waals surface area contributed by atoms with Gasteiger partial charge in [0.15, 0.2) is 5.13 Å². The molecule has 8 heteroatoms. The molecule has 0 aliphatic carbocycles. The maximum atomic E-state index is 12.7. The third-order valence-electron chi connectivity index (χ3n) is 5.58. The summed E-state index contributed by atoms with van der Waals surface area (Å²) in [5.41, 5.74) is 1.90. The van der Waals surface area contributed by atoms with Crippen molar-refractivity contribution in [1.82, 2.24) is 9.88 Å². The lowest BCUT2D eigenvalue weighted by Gasteiger charge is -2.33. The van der Waals surface area contributed by atoms with Gasteiger partial charge in [0.2, 0.25) is 0 Å². The highest BCUT2D eigenvalue weighted by Crippen LogP contribution is 2.28. The van der Waals surface area contributed by atoms with Gasteiger partial charge in [-0.25, -0.2) is 9.78 Å². The maximum Gasteiger partial charge on any atom is 0.410 e. The van der Waals surface area contributed by atoms with Crippen LogP contribution in [0, 0.1) is 5.92 Å². The molecular formula is C25H28ClN3O3S. The maximum absolute atomic E-state index is 12.7. The molecule has 1 aliphatic heterocycles. The lowest BCUT2D eigenvalue weighted by Crippen LogP contribution is -2.42. The van der Waals surface area contributed by atoms with Crippen LogP contribution >= 0.6 is 22.9 Å².